The van der Waals surface area contributed by atoms with Gasteiger partial charge in [-0.15, -0.1) is 6.58 Å². The first-order chi connectivity index (χ1) is 15.5. The summed E-state index contributed by atoms with van der Waals surface area (Å²) < 4.78 is 5.02. The van der Waals surface area contributed by atoms with Gasteiger partial charge in [-0.1, -0.05) is 24.8 Å². The second-order valence-electron chi connectivity index (χ2n) is 6.51. The van der Waals surface area contributed by atoms with Gasteiger partial charge in [-0.2, -0.15) is 15.8 Å². The largest absolute Gasteiger partial charge is 0.461 e. The summed E-state index contributed by atoms with van der Waals surface area (Å²) in [6.07, 6.45) is 2.57. The molecule has 1 aromatic rings. The zero-order valence-electron chi connectivity index (χ0n) is 17.7. The van der Waals surface area contributed by atoms with Gasteiger partial charge >= 0.3 is 5.97 Å². The third-order valence-corrected chi connectivity index (χ3v) is 4.77. The molecule has 0 unspecified atom stereocenters. The van der Waals surface area contributed by atoms with Gasteiger partial charge in [0.2, 0.25) is 0 Å². The summed E-state index contributed by atoms with van der Waals surface area (Å²) in [5, 5.41) is 28.3. The van der Waals surface area contributed by atoms with Crippen LogP contribution in [0.15, 0.2) is 66.4 Å². The van der Waals surface area contributed by atoms with Crippen molar-refractivity contribution in [2.75, 3.05) is 31.1 Å². The van der Waals surface area contributed by atoms with Crippen LogP contribution in [0.5, 0.6) is 0 Å². The molecule has 0 bridgehead atoms. The maximum Gasteiger partial charge on any atom is 0.330 e. The molecular weight excluding hydrogens is 406 g/mol. The van der Waals surface area contributed by atoms with Crippen molar-refractivity contribution in [2.45, 2.75) is 6.92 Å². The van der Waals surface area contributed by atoms with Crippen molar-refractivity contribution in [3.05, 3.63) is 72.0 Å². The van der Waals surface area contributed by atoms with Crippen LogP contribution in [0.4, 0.5) is 5.69 Å². The predicted molar refractivity (Wildman–Crippen MR) is 118 cm³/mol. The van der Waals surface area contributed by atoms with Crippen molar-refractivity contribution in [2.24, 2.45) is 0 Å². The molecule has 1 amide bonds. The van der Waals surface area contributed by atoms with Gasteiger partial charge in [0.25, 0.3) is 5.91 Å². The number of esters is 1. The molecule has 0 radical (unpaired) electrons. The van der Waals surface area contributed by atoms with Crippen LogP contribution in [0.1, 0.15) is 12.5 Å². The summed E-state index contributed by atoms with van der Waals surface area (Å²) in [7, 11) is 0. The van der Waals surface area contributed by atoms with Gasteiger partial charge in [-0.25, -0.2) is 4.79 Å². The lowest BCUT2D eigenvalue weighted by atomic mass is 9.99. The van der Waals surface area contributed by atoms with Crippen LogP contribution in [0.25, 0.3) is 5.57 Å². The number of carbonyl (C=O) groups is 2. The molecule has 1 heterocycles. The Hall–Kier alpha value is -4.61. The first-order valence-corrected chi connectivity index (χ1v) is 9.73. The maximum atomic E-state index is 13.1. The Kier molecular flexibility index (Phi) is 8.11. The number of amides is 1. The molecule has 1 aliphatic heterocycles. The minimum Gasteiger partial charge on any atom is -0.461 e. The molecular formula is C24H21N5O3. The molecule has 0 aromatic heterocycles. The van der Waals surface area contributed by atoms with E-state index in [4.69, 9.17) is 4.74 Å². The second-order valence-corrected chi connectivity index (χ2v) is 6.51. The highest BCUT2D eigenvalue weighted by atomic mass is 16.5. The van der Waals surface area contributed by atoms with Gasteiger partial charge in [0, 0.05) is 24.9 Å². The molecule has 1 aromatic carbocycles. The molecule has 2 rings (SSSR count). The van der Waals surface area contributed by atoms with Gasteiger partial charge in [0.1, 0.15) is 24.8 Å². The van der Waals surface area contributed by atoms with Gasteiger partial charge in [-0.3, -0.25) is 4.79 Å². The third-order valence-electron chi connectivity index (χ3n) is 4.77. The van der Waals surface area contributed by atoms with E-state index in [0.29, 0.717) is 18.7 Å². The number of benzene rings is 1. The first-order valence-electron chi connectivity index (χ1n) is 9.73. The van der Waals surface area contributed by atoms with E-state index >= 15 is 0 Å². The van der Waals surface area contributed by atoms with Crippen LogP contribution < -0.4 is 4.90 Å². The fourth-order valence-electron chi connectivity index (χ4n) is 3.29. The van der Waals surface area contributed by atoms with Crippen molar-refractivity contribution < 1.29 is 14.3 Å². The second kappa shape index (κ2) is 11.0. The van der Waals surface area contributed by atoms with Crippen LogP contribution in [-0.2, 0) is 14.3 Å². The predicted octanol–water partition coefficient (Wildman–Crippen LogP) is 2.85. The quantitative estimate of drug-likeness (QED) is 0.257. The Bertz CT molecular complexity index is 1110. The standard InChI is InChI=1S/C24H21N5O3/c1-4-11-29-23(18(14-25)15-26)20(16-27)22(24(29)31)17-7-9-19(10-8-17)28(6-3)12-13-32-21(30)5-2/h4-5,7-10H,1-2,6,11-13H2,3H3. The fourth-order valence-corrected chi connectivity index (χ4v) is 3.29. The summed E-state index contributed by atoms with van der Waals surface area (Å²) in [4.78, 5) is 27.5. The molecule has 0 atom stereocenters. The van der Waals surface area contributed by atoms with Crippen LogP contribution in [0, 0.1) is 34.0 Å². The highest BCUT2D eigenvalue weighted by molar-refractivity contribution is 6.26. The van der Waals surface area contributed by atoms with E-state index in [0.717, 1.165) is 11.8 Å². The number of allylic oxidation sites excluding steroid dienone is 2. The normalized spacial score (nSPS) is 12.5. The Balaban J connectivity index is 2.43. The number of nitrogens with zero attached hydrogens (tertiary/aromatic N) is 5. The van der Waals surface area contributed by atoms with E-state index < -0.39 is 11.9 Å². The monoisotopic (exact) mass is 427 g/mol. The van der Waals surface area contributed by atoms with Crippen molar-refractivity contribution >= 4 is 23.1 Å². The Labute approximate surface area is 186 Å². The molecule has 160 valence electrons. The highest BCUT2D eigenvalue weighted by Crippen LogP contribution is 2.37. The molecule has 32 heavy (non-hydrogen) atoms. The van der Waals surface area contributed by atoms with Gasteiger partial charge < -0.3 is 14.5 Å². The summed E-state index contributed by atoms with van der Waals surface area (Å²) in [6.45, 7) is 10.3. The lowest BCUT2D eigenvalue weighted by molar-refractivity contribution is -0.137. The van der Waals surface area contributed by atoms with E-state index in [1.54, 1.807) is 36.4 Å². The number of hydrogen-bond acceptors (Lipinski definition) is 7. The number of carbonyl (C=O) groups excluding carboxylic acids is 2. The number of likely N-dealkylation sites (N-methyl/N-ethyl adjacent to an activating group) is 1. The van der Waals surface area contributed by atoms with Gasteiger partial charge in [0.05, 0.1) is 23.4 Å². The molecule has 0 aliphatic carbocycles. The molecule has 0 N–H and O–H groups in total. The first kappa shape index (κ1) is 23.7. The van der Waals surface area contributed by atoms with Crippen molar-refractivity contribution in [3.63, 3.8) is 0 Å². The van der Waals surface area contributed by atoms with Crippen LogP contribution in [0.2, 0.25) is 0 Å². The summed E-state index contributed by atoms with van der Waals surface area (Å²) in [6, 6.07) is 12.5. The lowest BCUT2D eigenvalue weighted by Gasteiger charge is -2.23. The van der Waals surface area contributed by atoms with Crippen molar-refractivity contribution in [1.82, 2.24) is 4.90 Å². The van der Waals surface area contributed by atoms with Crippen LogP contribution >= 0.6 is 0 Å². The van der Waals surface area contributed by atoms with Gasteiger partial charge in [-0.05, 0) is 24.6 Å². The van der Waals surface area contributed by atoms with E-state index in [2.05, 4.69) is 13.2 Å². The average Bonchev–Trinajstić information content (AvgIpc) is 3.09. The fraction of sp³-hybridized carbons (Fsp3) is 0.208. The molecule has 0 spiro atoms. The van der Waals surface area contributed by atoms with Gasteiger partial charge in [0.15, 0.2) is 5.57 Å². The topological polar surface area (TPSA) is 121 Å². The van der Waals surface area contributed by atoms with E-state index in [-0.39, 0.29) is 35.6 Å². The number of hydrogen-bond donors (Lipinski definition) is 0. The maximum absolute atomic E-state index is 13.1. The smallest absolute Gasteiger partial charge is 0.330 e. The molecule has 8 nitrogen and oxygen atoms in total. The van der Waals surface area contributed by atoms with E-state index in [1.165, 1.54) is 11.0 Å². The molecule has 1 aliphatic rings. The zero-order chi connectivity index (χ0) is 23.7. The SMILES string of the molecule is C=CCN1C(=O)C(c2ccc(N(CC)CCOC(=O)C=C)cc2)=C(C#N)C1=C(C#N)C#N. The Morgan fingerprint density at radius 1 is 1.19 bits per heavy atom. The molecule has 0 fully saturated rings. The highest BCUT2D eigenvalue weighted by Gasteiger charge is 2.37. The number of anilines is 1. The summed E-state index contributed by atoms with van der Waals surface area (Å²) in [5.74, 6) is -0.968. The van der Waals surface area contributed by atoms with Crippen molar-refractivity contribution in [3.8, 4) is 18.2 Å². The molecule has 8 heteroatoms. The number of rotatable bonds is 9. The molecule has 0 saturated heterocycles. The third kappa shape index (κ3) is 4.75. The molecule has 0 saturated carbocycles. The van der Waals surface area contributed by atoms with Crippen LogP contribution in [0.3, 0.4) is 0 Å². The average molecular weight is 427 g/mol. The number of ether oxygens (including phenoxy) is 1. The van der Waals surface area contributed by atoms with E-state index in [1.807, 2.05) is 17.9 Å². The summed E-state index contributed by atoms with van der Waals surface area (Å²) >= 11 is 0. The lowest BCUT2D eigenvalue weighted by Crippen LogP contribution is -2.28. The van der Waals surface area contributed by atoms with E-state index in [9.17, 15) is 25.4 Å². The Morgan fingerprint density at radius 3 is 2.34 bits per heavy atom. The minimum atomic E-state index is -0.492. The van der Waals surface area contributed by atoms with Crippen LogP contribution in [-0.4, -0.2) is 43.0 Å². The summed E-state index contributed by atoms with van der Waals surface area (Å²) in [5.41, 5.74) is 1.12. The minimum absolute atomic E-state index is 0.000644. The zero-order valence-corrected chi connectivity index (χ0v) is 17.7. The number of nitriles is 3. The Morgan fingerprint density at radius 2 is 1.84 bits per heavy atom. The van der Waals surface area contributed by atoms with Crippen molar-refractivity contribution in [1.29, 1.82) is 15.8 Å².